The van der Waals surface area contributed by atoms with E-state index in [2.05, 4.69) is 10.6 Å². The lowest BCUT2D eigenvalue weighted by Crippen LogP contribution is -2.40. The van der Waals surface area contributed by atoms with E-state index in [1.54, 1.807) is 13.8 Å². The summed E-state index contributed by atoms with van der Waals surface area (Å²) in [6.07, 6.45) is 1.69. The number of aliphatic carboxylic acids is 1. The first-order valence-corrected chi connectivity index (χ1v) is 5.61. The second kappa shape index (κ2) is 7.22. The number of amides is 1. The largest absolute Gasteiger partial charge is 0.481 e. The summed E-state index contributed by atoms with van der Waals surface area (Å²) in [5, 5.41) is 14.6. The lowest BCUT2D eigenvalue weighted by Gasteiger charge is -2.23. The van der Waals surface area contributed by atoms with Crippen molar-refractivity contribution in [1.29, 1.82) is 0 Å². The number of carboxylic acids is 1. The van der Waals surface area contributed by atoms with Gasteiger partial charge in [-0.05, 0) is 33.4 Å². The summed E-state index contributed by atoms with van der Waals surface area (Å²) in [6.45, 7) is 4.43. The van der Waals surface area contributed by atoms with Gasteiger partial charge < -0.3 is 15.7 Å². The molecule has 0 saturated carbocycles. The Labute approximate surface area is 96.6 Å². The minimum absolute atomic E-state index is 0.0869. The molecule has 5 nitrogen and oxygen atoms in total. The normalized spacial score (nSPS) is 14.2. The van der Waals surface area contributed by atoms with Crippen LogP contribution in [-0.2, 0) is 9.59 Å². The van der Waals surface area contributed by atoms with Gasteiger partial charge in [0, 0.05) is 13.0 Å². The zero-order valence-electron chi connectivity index (χ0n) is 10.3. The average Bonchev–Trinajstić information content (AvgIpc) is 2.26. The Hall–Kier alpha value is -1.10. The van der Waals surface area contributed by atoms with Crippen LogP contribution in [0.15, 0.2) is 0 Å². The summed E-state index contributed by atoms with van der Waals surface area (Å²) in [5.41, 5.74) is -0.862. The first-order chi connectivity index (χ1) is 7.46. The van der Waals surface area contributed by atoms with Gasteiger partial charge in [0.2, 0.25) is 5.91 Å². The van der Waals surface area contributed by atoms with Crippen LogP contribution in [0.4, 0.5) is 0 Å². The molecule has 0 aromatic carbocycles. The molecule has 0 heterocycles. The molecule has 1 unspecified atom stereocenters. The van der Waals surface area contributed by atoms with Crippen LogP contribution >= 0.6 is 0 Å². The van der Waals surface area contributed by atoms with Crippen molar-refractivity contribution < 1.29 is 14.7 Å². The van der Waals surface area contributed by atoms with Crippen molar-refractivity contribution in [2.24, 2.45) is 5.41 Å². The average molecular weight is 230 g/mol. The molecule has 0 fully saturated rings. The first-order valence-electron chi connectivity index (χ1n) is 5.61. The Morgan fingerprint density at radius 3 is 2.44 bits per heavy atom. The van der Waals surface area contributed by atoms with Gasteiger partial charge in [-0.2, -0.15) is 0 Å². The van der Waals surface area contributed by atoms with Gasteiger partial charge in [-0.1, -0.05) is 6.92 Å². The maximum atomic E-state index is 11.4. The van der Waals surface area contributed by atoms with Crippen molar-refractivity contribution in [2.75, 3.05) is 20.1 Å². The van der Waals surface area contributed by atoms with Gasteiger partial charge in [0.15, 0.2) is 0 Å². The molecule has 94 valence electrons. The highest BCUT2D eigenvalue weighted by molar-refractivity contribution is 5.78. The molecule has 3 N–H and O–H groups in total. The van der Waals surface area contributed by atoms with Crippen molar-refractivity contribution in [2.45, 2.75) is 33.1 Å². The molecular formula is C11H22N2O3. The summed E-state index contributed by atoms with van der Waals surface area (Å²) in [6, 6.07) is 0. The Bertz CT molecular complexity index is 243. The van der Waals surface area contributed by atoms with Gasteiger partial charge in [0.1, 0.15) is 0 Å². The molecule has 1 atom stereocenters. The SMILES string of the molecule is CCC(C)(CNC(=O)CCCNC)C(=O)O. The van der Waals surface area contributed by atoms with Crippen molar-refractivity contribution in [3.05, 3.63) is 0 Å². The predicted octanol–water partition coefficient (Wildman–Crippen LogP) is 0.603. The lowest BCUT2D eigenvalue weighted by molar-refractivity contribution is -0.148. The van der Waals surface area contributed by atoms with Gasteiger partial charge in [-0.15, -0.1) is 0 Å². The van der Waals surface area contributed by atoms with Crippen LogP contribution in [-0.4, -0.2) is 37.1 Å². The third kappa shape index (κ3) is 5.11. The van der Waals surface area contributed by atoms with Gasteiger partial charge in [-0.25, -0.2) is 0 Å². The summed E-state index contributed by atoms with van der Waals surface area (Å²) in [4.78, 5) is 22.3. The molecule has 0 aliphatic carbocycles. The van der Waals surface area contributed by atoms with Crippen LogP contribution in [0, 0.1) is 5.41 Å². The first kappa shape index (κ1) is 14.9. The molecule has 0 spiro atoms. The van der Waals surface area contributed by atoms with Crippen LogP contribution in [0.3, 0.4) is 0 Å². The fourth-order valence-electron chi connectivity index (χ4n) is 1.16. The third-order valence-electron chi connectivity index (χ3n) is 2.80. The zero-order valence-corrected chi connectivity index (χ0v) is 10.3. The van der Waals surface area contributed by atoms with Crippen molar-refractivity contribution in [1.82, 2.24) is 10.6 Å². The van der Waals surface area contributed by atoms with Crippen LogP contribution in [0.2, 0.25) is 0 Å². The van der Waals surface area contributed by atoms with E-state index < -0.39 is 11.4 Å². The minimum Gasteiger partial charge on any atom is -0.481 e. The maximum absolute atomic E-state index is 11.4. The zero-order chi connectivity index (χ0) is 12.6. The highest BCUT2D eigenvalue weighted by Crippen LogP contribution is 2.19. The van der Waals surface area contributed by atoms with E-state index in [1.165, 1.54) is 0 Å². The lowest BCUT2D eigenvalue weighted by atomic mass is 9.87. The van der Waals surface area contributed by atoms with Crippen molar-refractivity contribution >= 4 is 11.9 Å². The van der Waals surface area contributed by atoms with Crippen LogP contribution in [0.25, 0.3) is 0 Å². The van der Waals surface area contributed by atoms with Crippen LogP contribution in [0.5, 0.6) is 0 Å². The standard InChI is InChI=1S/C11H22N2O3/c1-4-11(2,10(15)16)8-13-9(14)6-5-7-12-3/h12H,4-8H2,1-3H3,(H,13,14)(H,15,16). The molecule has 0 bridgehead atoms. The minimum atomic E-state index is -0.870. The molecule has 0 rings (SSSR count). The van der Waals surface area contributed by atoms with Gasteiger partial charge in [0.05, 0.1) is 5.41 Å². The number of carbonyl (C=O) groups excluding carboxylic acids is 1. The molecule has 0 radical (unpaired) electrons. The van der Waals surface area contributed by atoms with Crippen LogP contribution < -0.4 is 10.6 Å². The number of nitrogens with one attached hydrogen (secondary N) is 2. The number of rotatable bonds is 8. The predicted molar refractivity (Wildman–Crippen MR) is 62.2 cm³/mol. The Kier molecular flexibility index (Phi) is 6.72. The molecule has 1 amide bonds. The summed E-state index contributed by atoms with van der Waals surface area (Å²) in [7, 11) is 1.83. The van der Waals surface area contributed by atoms with E-state index in [1.807, 2.05) is 7.05 Å². The van der Waals surface area contributed by atoms with Crippen molar-refractivity contribution in [3.63, 3.8) is 0 Å². The van der Waals surface area contributed by atoms with Gasteiger partial charge >= 0.3 is 5.97 Å². The van der Waals surface area contributed by atoms with E-state index in [4.69, 9.17) is 5.11 Å². The van der Waals surface area contributed by atoms with Gasteiger partial charge in [0.25, 0.3) is 0 Å². The molecule has 0 aliphatic heterocycles. The number of hydrogen-bond donors (Lipinski definition) is 3. The Balaban J connectivity index is 3.93. The van der Waals surface area contributed by atoms with Gasteiger partial charge in [-0.3, -0.25) is 9.59 Å². The fraction of sp³-hybridized carbons (Fsp3) is 0.818. The van der Waals surface area contributed by atoms with E-state index >= 15 is 0 Å². The molecule has 16 heavy (non-hydrogen) atoms. The number of carbonyl (C=O) groups is 2. The van der Waals surface area contributed by atoms with E-state index in [9.17, 15) is 9.59 Å². The highest BCUT2D eigenvalue weighted by Gasteiger charge is 2.31. The Morgan fingerprint density at radius 2 is 2.00 bits per heavy atom. The summed E-state index contributed by atoms with van der Waals surface area (Å²) < 4.78 is 0. The molecule has 0 saturated heterocycles. The smallest absolute Gasteiger partial charge is 0.311 e. The Morgan fingerprint density at radius 1 is 1.38 bits per heavy atom. The monoisotopic (exact) mass is 230 g/mol. The van der Waals surface area contributed by atoms with Crippen LogP contribution in [0.1, 0.15) is 33.1 Å². The quantitative estimate of drug-likeness (QED) is 0.534. The summed E-state index contributed by atoms with van der Waals surface area (Å²) >= 11 is 0. The molecule has 0 aromatic heterocycles. The highest BCUT2D eigenvalue weighted by atomic mass is 16.4. The molecule has 5 heteroatoms. The van der Waals surface area contributed by atoms with E-state index in [0.717, 1.165) is 13.0 Å². The maximum Gasteiger partial charge on any atom is 0.311 e. The second-order valence-electron chi connectivity index (χ2n) is 4.20. The topological polar surface area (TPSA) is 78.4 Å². The van der Waals surface area contributed by atoms with E-state index in [-0.39, 0.29) is 12.5 Å². The number of hydrogen-bond acceptors (Lipinski definition) is 3. The molecule has 0 aromatic rings. The van der Waals surface area contributed by atoms with Crippen molar-refractivity contribution in [3.8, 4) is 0 Å². The second-order valence-corrected chi connectivity index (χ2v) is 4.20. The van der Waals surface area contributed by atoms with E-state index in [0.29, 0.717) is 12.8 Å². The molecular weight excluding hydrogens is 208 g/mol. The molecule has 0 aliphatic rings. The number of carboxylic acid groups (broad SMARTS) is 1. The third-order valence-corrected chi connectivity index (χ3v) is 2.80. The fourth-order valence-corrected chi connectivity index (χ4v) is 1.16. The summed E-state index contributed by atoms with van der Waals surface area (Å²) in [5.74, 6) is -0.957.